The fraction of sp³-hybridized carbons (Fsp3) is 0.400. The second-order valence-electron chi connectivity index (χ2n) is 13.2. The molecule has 2 aromatic heterocycles. The number of nitrogens with one attached hydrogen (secondary N) is 2. The van der Waals surface area contributed by atoms with Crippen molar-refractivity contribution in [2.75, 3.05) is 10.2 Å². The minimum Gasteiger partial charge on any atom is -0.393 e. The maximum Gasteiger partial charge on any atom is 0.416 e. The number of pyridine rings is 1. The highest BCUT2D eigenvalue weighted by Crippen LogP contribution is 2.41. The van der Waals surface area contributed by atoms with Crippen molar-refractivity contribution in [3.05, 3.63) is 76.6 Å². The van der Waals surface area contributed by atoms with Gasteiger partial charge in [-0.15, -0.1) is 10.2 Å². The quantitative estimate of drug-likeness (QED) is 0.195. The number of aliphatic hydroxyl groups excluding tert-OH is 1. The summed E-state index contributed by atoms with van der Waals surface area (Å²) in [6, 6.07) is 13.6. The standard InChI is InChI=1S/C35H35F3N8O2/c1-19(7-20-3-4-20)42-31-11-23(27-8-21(15-39)5-6-26(27)33-44-41-18-45(33)2)12-32(43-31)46-17-29-28(34(46)48)9-22(10-30(29)35(36,37)38)16-40-24-13-25(47)14-24/h5-6,8-12,18-20,24-25,40,47H,3-4,7,13-14,16-17H2,1-2H3,(H,42,43)/t19-,24?,25?/m1/s1. The summed E-state index contributed by atoms with van der Waals surface area (Å²) in [4.78, 5) is 20.1. The number of aliphatic hydroxyl groups is 1. The Morgan fingerprint density at radius 2 is 1.90 bits per heavy atom. The summed E-state index contributed by atoms with van der Waals surface area (Å²) in [7, 11) is 1.81. The number of aromatic nitrogens is 4. The molecule has 48 heavy (non-hydrogen) atoms. The number of nitrogens with zero attached hydrogens (tertiary/aromatic N) is 6. The predicted molar refractivity (Wildman–Crippen MR) is 173 cm³/mol. The van der Waals surface area contributed by atoms with E-state index in [2.05, 4.69) is 33.8 Å². The molecule has 248 valence electrons. The van der Waals surface area contributed by atoms with E-state index in [1.165, 1.54) is 23.8 Å². The van der Waals surface area contributed by atoms with E-state index in [0.717, 1.165) is 12.5 Å². The van der Waals surface area contributed by atoms with Crippen molar-refractivity contribution in [2.24, 2.45) is 13.0 Å². The lowest BCUT2D eigenvalue weighted by Gasteiger charge is -2.32. The molecule has 2 fully saturated rings. The Morgan fingerprint density at radius 3 is 2.56 bits per heavy atom. The molecule has 0 saturated heterocycles. The second kappa shape index (κ2) is 12.3. The summed E-state index contributed by atoms with van der Waals surface area (Å²) in [5.41, 5.74) is 1.75. The van der Waals surface area contributed by atoms with E-state index in [1.807, 2.05) is 6.07 Å². The molecule has 10 nitrogen and oxygen atoms in total. The Morgan fingerprint density at radius 1 is 1.10 bits per heavy atom. The fourth-order valence-electron chi connectivity index (χ4n) is 6.65. The molecule has 1 amide bonds. The Hall–Kier alpha value is -4.80. The second-order valence-corrected chi connectivity index (χ2v) is 13.2. The van der Waals surface area contributed by atoms with Gasteiger partial charge in [-0.1, -0.05) is 12.8 Å². The molecular weight excluding hydrogens is 621 g/mol. The zero-order chi connectivity index (χ0) is 33.7. The lowest BCUT2D eigenvalue weighted by atomic mass is 9.89. The van der Waals surface area contributed by atoms with E-state index in [1.54, 1.807) is 42.2 Å². The zero-order valence-electron chi connectivity index (χ0n) is 26.6. The van der Waals surface area contributed by atoms with Crippen molar-refractivity contribution in [3.63, 3.8) is 0 Å². The molecule has 0 radical (unpaired) electrons. The van der Waals surface area contributed by atoms with Gasteiger partial charge in [0.15, 0.2) is 5.82 Å². The van der Waals surface area contributed by atoms with Gasteiger partial charge in [0.25, 0.3) is 5.91 Å². The number of carbonyl (C=O) groups excluding carboxylic acids is 1. The SMILES string of the molecule is C[C@H](CC1CC1)Nc1cc(-c2cc(C#N)ccc2-c2nncn2C)cc(N2Cc3c(cc(CNC4CC(O)C4)cc3C(F)(F)F)C2=O)n1. The smallest absolute Gasteiger partial charge is 0.393 e. The van der Waals surface area contributed by atoms with E-state index in [-0.39, 0.29) is 42.1 Å². The molecule has 3 N–H and O–H groups in total. The summed E-state index contributed by atoms with van der Waals surface area (Å²) < 4.78 is 45.1. The van der Waals surface area contributed by atoms with Gasteiger partial charge in [-0.3, -0.25) is 9.69 Å². The number of benzene rings is 2. The van der Waals surface area contributed by atoms with Crippen molar-refractivity contribution in [1.29, 1.82) is 5.26 Å². The summed E-state index contributed by atoms with van der Waals surface area (Å²) >= 11 is 0. The minimum atomic E-state index is -4.67. The Balaban J connectivity index is 1.30. The number of rotatable bonds is 10. The van der Waals surface area contributed by atoms with Gasteiger partial charge in [0.1, 0.15) is 18.0 Å². The summed E-state index contributed by atoms with van der Waals surface area (Å²) in [6.45, 7) is 1.90. The van der Waals surface area contributed by atoms with Crippen molar-refractivity contribution in [1.82, 2.24) is 25.1 Å². The molecule has 2 aliphatic carbocycles. The van der Waals surface area contributed by atoms with E-state index in [4.69, 9.17) is 4.98 Å². The molecule has 0 bridgehead atoms. The third-order valence-corrected chi connectivity index (χ3v) is 9.39. The van der Waals surface area contributed by atoms with Crippen LogP contribution in [0.5, 0.6) is 0 Å². The molecule has 1 aliphatic heterocycles. The monoisotopic (exact) mass is 656 g/mol. The maximum atomic E-state index is 14.4. The molecule has 2 aromatic carbocycles. The number of halogens is 3. The van der Waals surface area contributed by atoms with Crippen LogP contribution in [0, 0.1) is 17.2 Å². The highest BCUT2D eigenvalue weighted by atomic mass is 19.4. The molecular formula is C35H35F3N8O2. The van der Waals surface area contributed by atoms with Crippen LogP contribution in [0.3, 0.4) is 0 Å². The molecule has 7 rings (SSSR count). The van der Waals surface area contributed by atoms with Crippen molar-refractivity contribution < 1.29 is 23.1 Å². The van der Waals surface area contributed by atoms with Crippen LogP contribution >= 0.6 is 0 Å². The Kier molecular flexibility index (Phi) is 8.17. The molecule has 3 aliphatic rings. The van der Waals surface area contributed by atoms with Crippen LogP contribution in [0.25, 0.3) is 22.5 Å². The molecule has 3 heterocycles. The first-order chi connectivity index (χ1) is 23.0. The van der Waals surface area contributed by atoms with Crippen LogP contribution in [-0.2, 0) is 26.3 Å². The first-order valence-electron chi connectivity index (χ1n) is 16.1. The van der Waals surface area contributed by atoms with E-state index in [0.29, 0.717) is 58.2 Å². The first kappa shape index (κ1) is 31.8. The number of amides is 1. The molecule has 0 unspecified atom stereocenters. The number of fused-ring (bicyclic) bond motifs is 1. The summed E-state index contributed by atoms with van der Waals surface area (Å²) in [5, 5.41) is 34.3. The van der Waals surface area contributed by atoms with Gasteiger partial charge in [-0.25, -0.2) is 4.98 Å². The van der Waals surface area contributed by atoms with Crippen LogP contribution in [0.4, 0.5) is 24.8 Å². The largest absolute Gasteiger partial charge is 0.416 e. The van der Waals surface area contributed by atoms with Gasteiger partial charge in [0.05, 0.1) is 29.8 Å². The number of hydrogen-bond acceptors (Lipinski definition) is 8. The lowest BCUT2D eigenvalue weighted by molar-refractivity contribution is -0.138. The van der Waals surface area contributed by atoms with Gasteiger partial charge < -0.3 is 20.3 Å². The minimum absolute atomic E-state index is 0.00895. The summed E-state index contributed by atoms with van der Waals surface area (Å²) in [6.07, 6.45) is 0.861. The van der Waals surface area contributed by atoms with Crippen LogP contribution in [0.15, 0.2) is 48.8 Å². The molecule has 4 aromatic rings. The van der Waals surface area contributed by atoms with Gasteiger partial charge in [-0.05, 0) is 96.8 Å². The average molecular weight is 657 g/mol. The van der Waals surface area contributed by atoms with Gasteiger partial charge >= 0.3 is 6.18 Å². The topological polar surface area (TPSA) is 132 Å². The number of aryl methyl sites for hydroxylation is 1. The highest BCUT2D eigenvalue weighted by Gasteiger charge is 2.41. The normalized spacial score (nSPS) is 19.5. The zero-order valence-corrected chi connectivity index (χ0v) is 26.6. The van der Waals surface area contributed by atoms with Crippen molar-refractivity contribution in [3.8, 4) is 28.6 Å². The molecule has 0 spiro atoms. The Labute approximate surface area is 275 Å². The van der Waals surface area contributed by atoms with Gasteiger partial charge in [-0.2, -0.15) is 18.4 Å². The van der Waals surface area contributed by atoms with Crippen LogP contribution in [-0.4, -0.2) is 48.9 Å². The first-order valence-corrected chi connectivity index (χ1v) is 16.1. The number of anilines is 2. The van der Waals surface area contributed by atoms with Crippen LogP contribution in [0.2, 0.25) is 0 Å². The molecule has 2 saturated carbocycles. The third kappa shape index (κ3) is 6.37. The van der Waals surface area contributed by atoms with E-state index < -0.39 is 23.8 Å². The van der Waals surface area contributed by atoms with Crippen molar-refractivity contribution in [2.45, 2.75) is 76.5 Å². The van der Waals surface area contributed by atoms with Gasteiger partial charge in [0, 0.05) is 36.8 Å². The van der Waals surface area contributed by atoms with Crippen molar-refractivity contribution >= 4 is 17.5 Å². The summed E-state index contributed by atoms with van der Waals surface area (Å²) in [5.74, 6) is 1.28. The van der Waals surface area contributed by atoms with Crippen LogP contribution < -0.4 is 15.5 Å². The average Bonchev–Trinajstić information content (AvgIpc) is 3.64. The number of carbonyl (C=O) groups is 1. The predicted octanol–water partition coefficient (Wildman–Crippen LogP) is 5.81. The lowest BCUT2D eigenvalue weighted by Crippen LogP contribution is -2.43. The number of hydrogen-bond donors (Lipinski definition) is 3. The van der Waals surface area contributed by atoms with Gasteiger partial charge in [0.2, 0.25) is 0 Å². The van der Waals surface area contributed by atoms with E-state index in [9.17, 15) is 28.3 Å². The number of alkyl halides is 3. The third-order valence-electron chi connectivity index (χ3n) is 9.39. The van der Waals surface area contributed by atoms with E-state index >= 15 is 0 Å². The number of nitriles is 1. The Bertz CT molecular complexity index is 1920. The highest BCUT2D eigenvalue weighted by molar-refractivity contribution is 6.10. The molecule has 13 heteroatoms. The van der Waals surface area contributed by atoms with Crippen LogP contribution in [0.1, 0.15) is 71.6 Å². The molecule has 1 atom stereocenters. The maximum absolute atomic E-state index is 14.4. The fourth-order valence-corrected chi connectivity index (χ4v) is 6.65.